The summed E-state index contributed by atoms with van der Waals surface area (Å²) in [5.74, 6) is 0.887. The molecule has 0 unspecified atom stereocenters. The molecule has 1 aromatic carbocycles. The summed E-state index contributed by atoms with van der Waals surface area (Å²) in [5, 5.41) is 10.2. The Balaban J connectivity index is 2.23. The van der Waals surface area contributed by atoms with Crippen LogP contribution < -0.4 is 0 Å². The van der Waals surface area contributed by atoms with Crippen molar-refractivity contribution >= 4 is 34.4 Å². The lowest BCUT2D eigenvalue weighted by Gasteiger charge is -2.07. The topological polar surface area (TPSA) is 50.8 Å². The third-order valence-electron chi connectivity index (χ3n) is 2.86. The number of thioether (sulfide) groups is 1. The Morgan fingerprint density at radius 3 is 3.10 bits per heavy atom. The monoisotopic (exact) mass is 309 g/mol. The second kappa shape index (κ2) is 7.53. The zero-order valence-corrected chi connectivity index (χ0v) is 12.9. The Kier molecular flexibility index (Phi) is 5.72. The number of ether oxygens (including phenoxy) is 1. The van der Waals surface area contributed by atoms with Gasteiger partial charge in [0.1, 0.15) is 0 Å². The van der Waals surface area contributed by atoms with Crippen LogP contribution in [0.4, 0.5) is 0 Å². The summed E-state index contributed by atoms with van der Waals surface area (Å²) in [6, 6.07) is 7.89. The Hall–Kier alpha value is -1.22. The number of nitriles is 1. The average molecular weight is 310 g/mol. The first-order valence-corrected chi connectivity index (χ1v) is 7.77. The van der Waals surface area contributed by atoms with Gasteiger partial charge in [-0.1, -0.05) is 23.4 Å². The van der Waals surface area contributed by atoms with Gasteiger partial charge in [-0.15, -0.1) is 0 Å². The maximum atomic E-state index is 8.57. The molecule has 0 atom stereocenters. The van der Waals surface area contributed by atoms with E-state index in [4.69, 9.17) is 21.6 Å². The Morgan fingerprint density at radius 2 is 2.35 bits per heavy atom. The van der Waals surface area contributed by atoms with E-state index in [0.717, 1.165) is 34.9 Å². The van der Waals surface area contributed by atoms with Gasteiger partial charge in [0, 0.05) is 30.9 Å². The van der Waals surface area contributed by atoms with Crippen molar-refractivity contribution in [3.63, 3.8) is 0 Å². The Morgan fingerprint density at radius 1 is 1.50 bits per heavy atom. The van der Waals surface area contributed by atoms with Crippen LogP contribution in [0.15, 0.2) is 23.4 Å². The minimum absolute atomic E-state index is 0.580. The molecular weight excluding hydrogens is 294 g/mol. The number of hydrogen-bond donors (Lipinski definition) is 0. The van der Waals surface area contributed by atoms with Gasteiger partial charge >= 0.3 is 0 Å². The van der Waals surface area contributed by atoms with Gasteiger partial charge in [0.25, 0.3) is 0 Å². The van der Waals surface area contributed by atoms with Crippen molar-refractivity contribution in [1.82, 2.24) is 9.55 Å². The molecule has 0 N–H and O–H groups in total. The summed E-state index contributed by atoms with van der Waals surface area (Å²) in [7, 11) is 1.69. The predicted molar refractivity (Wildman–Crippen MR) is 82.2 cm³/mol. The molecule has 0 amide bonds. The van der Waals surface area contributed by atoms with E-state index in [9.17, 15) is 0 Å². The zero-order chi connectivity index (χ0) is 14.4. The fraction of sp³-hybridized carbons (Fsp3) is 0.429. The van der Waals surface area contributed by atoms with Crippen LogP contribution in [0.2, 0.25) is 5.02 Å². The zero-order valence-electron chi connectivity index (χ0n) is 11.3. The van der Waals surface area contributed by atoms with Gasteiger partial charge in [0.2, 0.25) is 0 Å². The summed E-state index contributed by atoms with van der Waals surface area (Å²) < 4.78 is 7.30. The second-order valence-corrected chi connectivity index (χ2v) is 5.78. The summed E-state index contributed by atoms with van der Waals surface area (Å²) in [6.07, 6.45) is 1.45. The van der Waals surface area contributed by atoms with Crippen molar-refractivity contribution in [2.75, 3.05) is 19.5 Å². The highest BCUT2D eigenvalue weighted by Crippen LogP contribution is 2.26. The molecule has 106 valence electrons. The largest absolute Gasteiger partial charge is 0.383 e. The molecule has 1 heterocycles. The fourth-order valence-corrected chi connectivity index (χ4v) is 3.05. The van der Waals surface area contributed by atoms with E-state index < -0.39 is 0 Å². The molecular formula is C14H16ClN3OS. The van der Waals surface area contributed by atoms with E-state index in [0.29, 0.717) is 18.1 Å². The van der Waals surface area contributed by atoms with Crippen molar-refractivity contribution in [2.24, 2.45) is 0 Å². The van der Waals surface area contributed by atoms with Crippen molar-refractivity contribution < 1.29 is 4.74 Å². The van der Waals surface area contributed by atoms with Crippen LogP contribution in [-0.4, -0.2) is 29.0 Å². The lowest BCUT2D eigenvalue weighted by Crippen LogP contribution is -2.05. The highest BCUT2D eigenvalue weighted by Gasteiger charge is 2.11. The number of halogens is 1. The van der Waals surface area contributed by atoms with Crippen LogP contribution in [0.5, 0.6) is 0 Å². The summed E-state index contributed by atoms with van der Waals surface area (Å²) in [4.78, 5) is 4.63. The maximum absolute atomic E-state index is 8.57. The standard InChI is InChI=1S/C14H16ClN3OS/c1-19-8-7-18-13-5-4-11(15)10-12(13)17-14(18)20-9-3-2-6-16/h4-5,10H,2-3,7-9H2,1H3. The molecule has 0 saturated carbocycles. The van der Waals surface area contributed by atoms with Crippen LogP contribution in [0.1, 0.15) is 12.8 Å². The maximum Gasteiger partial charge on any atom is 0.169 e. The molecule has 0 aliphatic heterocycles. The third kappa shape index (κ3) is 3.66. The smallest absolute Gasteiger partial charge is 0.169 e. The summed E-state index contributed by atoms with van der Waals surface area (Å²) >= 11 is 7.68. The lowest BCUT2D eigenvalue weighted by atomic mass is 10.3. The first kappa shape index (κ1) is 15.2. The third-order valence-corrected chi connectivity index (χ3v) is 4.16. The highest BCUT2D eigenvalue weighted by molar-refractivity contribution is 7.99. The molecule has 1 aromatic heterocycles. The molecule has 4 nitrogen and oxygen atoms in total. The van der Waals surface area contributed by atoms with Gasteiger partial charge in [0.05, 0.1) is 23.7 Å². The molecule has 0 bridgehead atoms. The van der Waals surface area contributed by atoms with Crippen LogP contribution in [-0.2, 0) is 11.3 Å². The number of rotatable bonds is 7. The summed E-state index contributed by atoms with van der Waals surface area (Å²) in [5.41, 5.74) is 1.96. The van der Waals surface area contributed by atoms with Crippen molar-refractivity contribution in [1.29, 1.82) is 5.26 Å². The quantitative estimate of drug-likeness (QED) is 0.577. The predicted octanol–water partition coefficient (Wildman–Crippen LogP) is 3.73. The van der Waals surface area contributed by atoms with Gasteiger partial charge < -0.3 is 9.30 Å². The molecule has 0 radical (unpaired) electrons. The normalized spacial score (nSPS) is 10.8. The van der Waals surface area contributed by atoms with Crippen LogP contribution in [0.3, 0.4) is 0 Å². The van der Waals surface area contributed by atoms with E-state index in [1.807, 2.05) is 18.2 Å². The first-order chi connectivity index (χ1) is 9.76. The molecule has 6 heteroatoms. The molecule has 0 fully saturated rings. The average Bonchev–Trinajstić information content (AvgIpc) is 2.78. The number of methoxy groups -OCH3 is 1. The van der Waals surface area contributed by atoms with Crippen LogP contribution in [0, 0.1) is 11.3 Å². The number of imidazole rings is 1. The number of unbranched alkanes of at least 4 members (excludes halogenated alkanes) is 1. The van der Waals surface area contributed by atoms with Crippen molar-refractivity contribution in [3.8, 4) is 6.07 Å². The van der Waals surface area contributed by atoms with Crippen LogP contribution in [0.25, 0.3) is 11.0 Å². The molecule has 0 spiro atoms. The van der Waals surface area contributed by atoms with E-state index in [2.05, 4.69) is 15.6 Å². The molecule has 20 heavy (non-hydrogen) atoms. The van der Waals surface area contributed by atoms with E-state index in [-0.39, 0.29) is 0 Å². The van der Waals surface area contributed by atoms with E-state index in [1.54, 1.807) is 18.9 Å². The van der Waals surface area contributed by atoms with Gasteiger partial charge in [0.15, 0.2) is 5.16 Å². The van der Waals surface area contributed by atoms with Crippen molar-refractivity contribution in [3.05, 3.63) is 23.2 Å². The van der Waals surface area contributed by atoms with E-state index >= 15 is 0 Å². The van der Waals surface area contributed by atoms with E-state index in [1.165, 1.54) is 0 Å². The minimum atomic E-state index is 0.580. The van der Waals surface area contributed by atoms with Crippen LogP contribution >= 0.6 is 23.4 Å². The Labute approximate surface area is 127 Å². The van der Waals surface area contributed by atoms with Gasteiger partial charge in [-0.05, 0) is 24.6 Å². The molecule has 2 rings (SSSR count). The number of fused-ring (bicyclic) bond motifs is 1. The highest BCUT2D eigenvalue weighted by atomic mass is 35.5. The van der Waals surface area contributed by atoms with Crippen molar-refractivity contribution in [2.45, 2.75) is 24.5 Å². The number of nitrogens with zero attached hydrogens (tertiary/aromatic N) is 3. The number of benzene rings is 1. The lowest BCUT2D eigenvalue weighted by molar-refractivity contribution is 0.186. The summed E-state index contributed by atoms with van der Waals surface area (Å²) in [6.45, 7) is 1.40. The van der Waals surface area contributed by atoms with Gasteiger partial charge in [-0.25, -0.2) is 4.98 Å². The SMILES string of the molecule is COCCn1c(SCCCC#N)nc2cc(Cl)ccc21. The van der Waals surface area contributed by atoms with Gasteiger partial charge in [-0.2, -0.15) is 5.26 Å². The minimum Gasteiger partial charge on any atom is -0.383 e. The molecule has 0 saturated heterocycles. The molecule has 0 aliphatic rings. The number of hydrogen-bond acceptors (Lipinski definition) is 4. The fourth-order valence-electron chi connectivity index (χ4n) is 1.90. The number of aromatic nitrogens is 2. The first-order valence-electron chi connectivity index (χ1n) is 6.40. The Bertz CT molecular complexity index is 621. The molecule has 0 aliphatic carbocycles. The van der Waals surface area contributed by atoms with Gasteiger partial charge in [-0.3, -0.25) is 0 Å². The second-order valence-electron chi connectivity index (χ2n) is 4.28. The molecule has 2 aromatic rings.